The molecule has 7 heteroatoms. The fraction of sp³-hybridized carbons (Fsp3) is 0.714. The Bertz CT molecular complexity index is 487. The van der Waals surface area contributed by atoms with Crippen LogP contribution in [0.15, 0.2) is 6.20 Å². The first-order chi connectivity index (χ1) is 9.85. The number of hydrogen-bond acceptors (Lipinski definition) is 5. The van der Waals surface area contributed by atoms with E-state index in [2.05, 4.69) is 10.3 Å². The summed E-state index contributed by atoms with van der Waals surface area (Å²) in [4.78, 5) is 19.1. The zero-order chi connectivity index (χ0) is 15.5. The summed E-state index contributed by atoms with van der Waals surface area (Å²) in [7, 11) is 0. The summed E-state index contributed by atoms with van der Waals surface area (Å²) in [6, 6.07) is 0.197. The van der Waals surface area contributed by atoms with E-state index in [1.54, 1.807) is 6.20 Å². The number of likely N-dealkylation sites (tertiary alicyclic amines) is 1. The minimum atomic E-state index is -0.447. The van der Waals surface area contributed by atoms with Gasteiger partial charge in [0.1, 0.15) is 5.60 Å². The fourth-order valence-corrected chi connectivity index (χ4v) is 3.28. The summed E-state index contributed by atoms with van der Waals surface area (Å²) in [5.41, 5.74) is -0.447. The highest BCUT2D eigenvalue weighted by Gasteiger charge is 2.31. The van der Waals surface area contributed by atoms with Gasteiger partial charge in [0, 0.05) is 36.8 Å². The first-order valence-corrected chi connectivity index (χ1v) is 8.35. The number of hydrogen-bond donors (Lipinski definition) is 1. The van der Waals surface area contributed by atoms with Crippen LogP contribution in [0.25, 0.3) is 0 Å². The molecular weight excluding hydrogens is 310 g/mol. The number of carbonyl (C=O) groups is 1. The van der Waals surface area contributed by atoms with Gasteiger partial charge in [-0.3, -0.25) is 0 Å². The Morgan fingerprint density at radius 2 is 2.38 bits per heavy atom. The summed E-state index contributed by atoms with van der Waals surface area (Å²) in [5, 5.41) is 3.37. The number of thiazole rings is 1. The van der Waals surface area contributed by atoms with Crippen LogP contribution < -0.4 is 5.32 Å². The SMILES string of the molecule is CC(C)(C)OC(=O)N1CCC[C@H]1CNCc1cnc(Cl)s1. The van der Waals surface area contributed by atoms with Crippen LogP contribution in [-0.2, 0) is 11.3 Å². The summed E-state index contributed by atoms with van der Waals surface area (Å²) in [6.45, 7) is 7.93. The van der Waals surface area contributed by atoms with Crippen LogP contribution in [-0.4, -0.2) is 40.7 Å². The van der Waals surface area contributed by atoms with Crippen molar-refractivity contribution in [3.05, 3.63) is 15.5 Å². The van der Waals surface area contributed by atoms with Crippen LogP contribution in [0, 0.1) is 0 Å². The molecule has 0 spiro atoms. The second kappa shape index (κ2) is 6.94. The lowest BCUT2D eigenvalue weighted by Crippen LogP contribution is -2.43. The summed E-state index contributed by atoms with van der Waals surface area (Å²) >= 11 is 7.27. The molecule has 0 unspecified atom stereocenters. The lowest BCUT2D eigenvalue weighted by molar-refractivity contribution is 0.0226. The predicted molar refractivity (Wildman–Crippen MR) is 84.8 cm³/mol. The molecule has 0 aliphatic carbocycles. The van der Waals surface area contributed by atoms with Crippen LogP contribution >= 0.6 is 22.9 Å². The van der Waals surface area contributed by atoms with E-state index in [-0.39, 0.29) is 12.1 Å². The topological polar surface area (TPSA) is 54.5 Å². The largest absolute Gasteiger partial charge is 0.444 e. The molecular formula is C14H22ClN3O2S. The Labute approximate surface area is 134 Å². The van der Waals surface area contributed by atoms with Gasteiger partial charge in [0.15, 0.2) is 4.47 Å². The van der Waals surface area contributed by atoms with Crippen molar-refractivity contribution in [3.8, 4) is 0 Å². The molecule has 1 aliphatic heterocycles. The van der Waals surface area contributed by atoms with Gasteiger partial charge in [-0.25, -0.2) is 9.78 Å². The fourth-order valence-electron chi connectivity index (χ4n) is 2.34. The number of rotatable bonds is 4. The van der Waals surface area contributed by atoms with Crippen LogP contribution in [0.5, 0.6) is 0 Å². The molecule has 118 valence electrons. The Morgan fingerprint density at radius 1 is 1.62 bits per heavy atom. The van der Waals surface area contributed by atoms with Gasteiger partial charge >= 0.3 is 6.09 Å². The lowest BCUT2D eigenvalue weighted by atomic mass is 10.2. The summed E-state index contributed by atoms with van der Waals surface area (Å²) in [6.07, 6.45) is 3.60. The molecule has 2 rings (SSSR count). The van der Waals surface area contributed by atoms with Crippen molar-refractivity contribution in [2.75, 3.05) is 13.1 Å². The van der Waals surface area contributed by atoms with Crippen LogP contribution in [0.4, 0.5) is 4.79 Å². The molecule has 0 saturated carbocycles. The molecule has 2 heterocycles. The van der Waals surface area contributed by atoms with Gasteiger partial charge < -0.3 is 15.0 Å². The van der Waals surface area contributed by atoms with E-state index in [0.29, 0.717) is 4.47 Å². The summed E-state index contributed by atoms with van der Waals surface area (Å²) < 4.78 is 6.01. The molecule has 1 atom stereocenters. The monoisotopic (exact) mass is 331 g/mol. The molecule has 0 radical (unpaired) electrons. The van der Waals surface area contributed by atoms with Crippen LogP contribution in [0.3, 0.4) is 0 Å². The molecule has 1 aliphatic rings. The highest BCUT2D eigenvalue weighted by molar-refractivity contribution is 7.15. The first kappa shape index (κ1) is 16.5. The van der Waals surface area contributed by atoms with Crippen molar-refractivity contribution >= 4 is 29.0 Å². The molecule has 1 saturated heterocycles. The molecule has 1 fully saturated rings. The average Bonchev–Trinajstić information content (AvgIpc) is 2.96. The standard InChI is InChI=1S/C14H22ClN3O2S/c1-14(2,3)20-13(19)18-6-4-5-10(18)7-16-8-11-9-17-12(15)21-11/h9-10,16H,4-8H2,1-3H3/t10-/m0/s1. The molecule has 1 aromatic rings. The maximum absolute atomic E-state index is 12.2. The van der Waals surface area contributed by atoms with E-state index in [1.807, 2.05) is 25.7 Å². The first-order valence-electron chi connectivity index (χ1n) is 7.16. The van der Waals surface area contributed by atoms with Gasteiger partial charge in [-0.05, 0) is 33.6 Å². The van der Waals surface area contributed by atoms with Crippen molar-refractivity contribution in [2.24, 2.45) is 0 Å². The Balaban J connectivity index is 1.80. The minimum absolute atomic E-state index is 0.197. The number of ether oxygens (including phenoxy) is 1. The molecule has 0 aromatic carbocycles. The number of amides is 1. The van der Waals surface area contributed by atoms with E-state index < -0.39 is 5.60 Å². The van der Waals surface area contributed by atoms with Gasteiger partial charge in [0.2, 0.25) is 0 Å². The van der Waals surface area contributed by atoms with Crippen molar-refractivity contribution < 1.29 is 9.53 Å². The lowest BCUT2D eigenvalue weighted by Gasteiger charge is -2.28. The van der Waals surface area contributed by atoms with Gasteiger partial charge in [-0.1, -0.05) is 11.6 Å². The number of carbonyl (C=O) groups excluding carboxylic acids is 1. The van der Waals surface area contributed by atoms with Crippen molar-refractivity contribution in [1.29, 1.82) is 0 Å². The van der Waals surface area contributed by atoms with Crippen LogP contribution in [0.1, 0.15) is 38.5 Å². The normalized spacial score (nSPS) is 19.0. The Hall–Kier alpha value is -0.850. The number of aromatic nitrogens is 1. The highest BCUT2D eigenvalue weighted by Crippen LogP contribution is 2.21. The second-order valence-corrected chi connectivity index (χ2v) is 7.88. The van der Waals surface area contributed by atoms with E-state index in [4.69, 9.17) is 16.3 Å². The zero-order valence-electron chi connectivity index (χ0n) is 12.7. The number of halogens is 1. The molecule has 1 N–H and O–H groups in total. The number of nitrogens with one attached hydrogen (secondary N) is 1. The molecule has 21 heavy (non-hydrogen) atoms. The molecule has 5 nitrogen and oxygen atoms in total. The van der Waals surface area contributed by atoms with Gasteiger partial charge in [-0.15, -0.1) is 11.3 Å². The van der Waals surface area contributed by atoms with Gasteiger partial charge in [0.25, 0.3) is 0 Å². The van der Waals surface area contributed by atoms with E-state index in [0.717, 1.165) is 37.4 Å². The second-order valence-electron chi connectivity index (χ2n) is 6.18. The molecule has 0 bridgehead atoms. The van der Waals surface area contributed by atoms with Crippen molar-refractivity contribution in [2.45, 2.75) is 51.8 Å². The van der Waals surface area contributed by atoms with Gasteiger partial charge in [0.05, 0.1) is 0 Å². The number of nitrogens with zero attached hydrogens (tertiary/aromatic N) is 2. The van der Waals surface area contributed by atoms with E-state index in [9.17, 15) is 4.79 Å². The summed E-state index contributed by atoms with van der Waals surface area (Å²) in [5.74, 6) is 0. The Morgan fingerprint density at radius 3 is 3.00 bits per heavy atom. The predicted octanol–water partition coefficient (Wildman–Crippen LogP) is 3.29. The highest BCUT2D eigenvalue weighted by atomic mass is 35.5. The van der Waals surface area contributed by atoms with E-state index in [1.165, 1.54) is 11.3 Å². The average molecular weight is 332 g/mol. The third-order valence-electron chi connectivity index (χ3n) is 3.21. The van der Waals surface area contributed by atoms with E-state index >= 15 is 0 Å². The van der Waals surface area contributed by atoms with Gasteiger partial charge in [-0.2, -0.15) is 0 Å². The quantitative estimate of drug-likeness (QED) is 0.919. The molecule has 1 amide bonds. The smallest absolute Gasteiger partial charge is 0.410 e. The third-order valence-corrected chi connectivity index (χ3v) is 4.32. The van der Waals surface area contributed by atoms with Crippen molar-refractivity contribution in [3.63, 3.8) is 0 Å². The molecule has 1 aromatic heterocycles. The minimum Gasteiger partial charge on any atom is -0.444 e. The maximum Gasteiger partial charge on any atom is 0.410 e. The maximum atomic E-state index is 12.2. The van der Waals surface area contributed by atoms with Crippen LogP contribution in [0.2, 0.25) is 4.47 Å². The Kier molecular flexibility index (Phi) is 5.46. The third kappa shape index (κ3) is 5.13. The van der Waals surface area contributed by atoms with Crippen molar-refractivity contribution in [1.82, 2.24) is 15.2 Å². The zero-order valence-corrected chi connectivity index (χ0v) is 14.3.